The van der Waals surface area contributed by atoms with Crippen molar-refractivity contribution in [2.45, 2.75) is 6.92 Å². The summed E-state index contributed by atoms with van der Waals surface area (Å²) >= 11 is 0. The van der Waals surface area contributed by atoms with Crippen LogP contribution in [0.3, 0.4) is 0 Å². The smallest absolute Gasteiger partial charge is 0.187 e. The first-order chi connectivity index (χ1) is 9.56. The second kappa shape index (κ2) is 6.10. The van der Waals surface area contributed by atoms with Gasteiger partial charge in [0.25, 0.3) is 0 Å². The van der Waals surface area contributed by atoms with Crippen LogP contribution in [-0.2, 0) is 0 Å². The minimum Gasteiger partial charge on any atom is -0.362 e. The number of carbonyl (C=O) groups excluding carboxylic acids is 1. The number of ketones is 1. The largest absolute Gasteiger partial charge is 0.362 e. The summed E-state index contributed by atoms with van der Waals surface area (Å²) in [5.74, 6) is -0.899. The zero-order valence-corrected chi connectivity index (χ0v) is 10.9. The summed E-state index contributed by atoms with van der Waals surface area (Å²) in [6, 6.07) is 9.88. The number of benzene rings is 2. The second-order valence-electron chi connectivity index (χ2n) is 4.31. The lowest BCUT2D eigenvalue weighted by Crippen LogP contribution is -1.96. The van der Waals surface area contributed by atoms with Gasteiger partial charge in [0.15, 0.2) is 5.78 Å². The Hall–Kier alpha value is -2.49. The molecule has 0 atom stereocenters. The molecule has 0 bridgehead atoms. The summed E-state index contributed by atoms with van der Waals surface area (Å²) in [5.41, 5.74) is 1.61. The molecule has 4 heteroatoms. The molecule has 0 aromatic heterocycles. The molecule has 0 fully saturated rings. The average molecular weight is 273 g/mol. The summed E-state index contributed by atoms with van der Waals surface area (Å²) in [6.45, 7) is 1.66. The third-order valence-electron chi connectivity index (χ3n) is 2.77. The van der Waals surface area contributed by atoms with E-state index in [0.29, 0.717) is 16.8 Å². The molecule has 0 aliphatic carbocycles. The SMILES string of the molecule is Cc1cc(NC=CC(=O)c2ccc(F)cc2)ccc1F. The number of allylic oxidation sites excluding steroid dienone is 1. The van der Waals surface area contributed by atoms with Crippen molar-refractivity contribution < 1.29 is 13.6 Å². The highest BCUT2D eigenvalue weighted by molar-refractivity contribution is 6.04. The maximum atomic E-state index is 13.1. The molecule has 102 valence electrons. The van der Waals surface area contributed by atoms with Crippen LogP contribution < -0.4 is 5.32 Å². The monoisotopic (exact) mass is 273 g/mol. The Kier molecular flexibility index (Phi) is 4.25. The molecule has 1 N–H and O–H groups in total. The number of carbonyl (C=O) groups is 1. The van der Waals surface area contributed by atoms with Gasteiger partial charge >= 0.3 is 0 Å². The van der Waals surface area contributed by atoms with Gasteiger partial charge in [0.1, 0.15) is 11.6 Å². The molecule has 0 unspecified atom stereocenters. The van der Waals surface area contributed by atoms with Gasteiger partial charge in [-0.3, -0.25) is 4.79 Å². The fraction of sp³-hybridized carbons (Fsp3) is 0.0625. The van der Waals surface area contributed by atoms with Crippen molar-refractivity contribution in [1.82, 2.24) is 0 Å². The number of halogens is 2. The predicted octanol–water partition coefficient (Wildman–Crippen LogP) is 4.08. The van der Waals surface area contributed by atoms with E-state index in [1.54, 1.807) is 19.1 Å². The minimum atomic E-state index is -0.384. The summed E-state index contributed by atoms with van der Waals surface area (Å²) in [6.07, 6.45) is 2.81. The molecule has 0 saturated carbocycles. The van der Waals surface area contributed by atoms with Gasteiger partial charge in [0, 0.05) is 23.5 Å². The van der Waals surface area contributed by atoms with Crippen LogP contribution in [0.2, 0.25) is 0 Å². The summed E-state index contributed by atoms with van der Waals surface area (Å²) in [4.78, 5) is 11.8. The Morgan fingerprint density at radius 2 is 1.80 bits per heavy atom. The Morgan fingerprint density at radius 3 is 2.45 bits per heavy atom. The highest BCUT2D eigenvalue weighted by Crippen LogP contribution is 2.13. The fourth-order valence-electron chi connectivity index (χ4n) is 1.66. The first-order valence-electron chi connectivity index (χ1n) is 6.05. The molecule has 0 heterocycles. The van der Waals surface area contributed by atoms with Crippen molar-refractivity contribution in [3.05, 3.63) is 77.5 Å². The van der Waals surface area contributed by atoms with Crippen molar-refractivity contribution in [2.24, 2.45) is 0 Å². The minimum absolute atomic E-state index is 0.240. The third kappa shape index (κ3) is 3.51. The normalized spacial score (nSPS) is 10.8. The highest BCUT2D eigenvalue weighted by Gasteiger charge is 2.01. The zero-order chi connectivity index (χ0) is 14.5. The van der Waals surface area contributed by atoms with Gasteiger partial charge in [0.05, 0.1) is 0 Å². The number of anilines is 1. The molecule has 2 aromatic rings. The van der Waals surface area contributed by atoms with Gasteiger partial charge in [-0.25, -0.2) is 8.78 Å². The van der Waals surface area contributed by atoms with Gasteiger partial charge in [-0.2, -0.15) is 0 Å². The van der Waals surface area contributed by atoms with E-state index >= 15 is 0 Å². The van der Waals surface area contributed by atoms with Gasteiger partial charge in [0.2, 0.25) is 0 Å². The second-order valence-corrected chi connectivity index (χ2v) is 4.31. The van der Waals surface area contributed by atoms with Gasteiger partial charge in [-0.05, 0) is 55.0 Å². The summed E-state index contributed by atoms with van der Waals surface area (Å²) in [7, 11) is 0. The van der Waals surface area contributed by atoms with Gasteiger partial charge in [-0.15, -0.1) is 0 Å². The number of hydrogen-bond acceptors (Lipinski definition) is 2. The fourth-order valence-corrected chi connectivity index (χ4v) is 1.66. The summed E-state index contributed by atoms with van der Waals surface area (Å²) < 4.78 is 25.8. The van der Waals surface area contributed by atoms with E-state index in [4.69, 9.17) is 0 Å². The van der Waals surface area contributed by atoms with E-state index in [-0.39, 0.29) is 17.4 Å². The molecule has 2 nitrogen and oxygen atoms in total. The molecule has 2 rings (SSSR count). The van der Waals surface area contributed by atoms with Crippen molar-refractivity contribution in [2.75, 3.05) is 5.32 Å². The average Bonchev–Trinajstić information content (AvgIpc) is 2.43. The molecule has 0 spiro atoms. The maximum absolute atomic E-state index is 13.1. The number of hydrogen-bond donors (Lipinski definition) is 1. The summed E-state index contributed by atoms with van der Waals surface area (Å²) in [5, 5.41) is 2.88. The zero-order valence-electron chi connectivity index (χ0n) is 10.9. The number of aryl methyl sites for hydroxylation is 1. The Morgan fingerprint density at radius 1 is 1.10 bits per heavy atom. The van der Waals surface area contributed by atoms with Crippen LogP contribution >= 0.6 is 0 Å². The molecule has 0 saturated heterocycles. The number of rotatable bonds is 4. The van der Waals surface area contributed by atoms with Crippen molar-refractivity contribution >= 4 is 11.5 Å². The quantitative estimate of drug-likeness (QED) is 0.671. The van der Waals surface area contributed by atoms with Crippen LogP contribution in [0, 0.1) is 18.6 Å². The van der Waals surface area contributed by atoms with E-state index in [1.807, 2.05) is 0 Å². The topological polar surface area (TPSA) is 29.1 Å². The van der Waals surface area contributed by atoms with E-state index in [9.17, 15) is 13.6 Å². The predicted molar refractivity (Wildman–Crippen MR) is 74.6 cm³/mol. The first-order valence-corrected chi connectivity index (χ1v) is 6.05. The Bertz CT molecular complexity index is 648. The van der Waals surface area contributed by atoms with Crippen LogP contribution in [0.1, 0.15) is 15.9 Å². The molecule has 0 amide bonds. The van der Waals surface area contributed by atoms with Crippen molar-refractivity contribution in [3.63, 3.8) is 0 Å². The van der Waals surface area contributed by atoms with Crippen molar-refractivity contribution in [1.29, 1.82) is 0 Å². The van der Waals surface area contributed by atoms with E-state index < -0.39 is 0 Å². The van der Waals surface area contributed by atoms with Crippen molar-refractivity contribution in [3.8, 4) is 0 Å². The Balaban J connectivity index is 2.00. The van der Waals surface area contributed by atoms with E-state index in [2.05, 4.69) is 5.32 Å². The van der Waals surface area contributed by atoms with E-state index in [0.717, 1.165) is 0 Å². The molecule has 0 aliphatic heterocycles. The molecule has 20 heavy (non-hydrogen) atoms. The molecule has 0 aliphatic rings. The van der Waals surface area contributed by atoms with Crippen LogP contribution in [0.25, 0.3) is 0 Å². The molecule has 0 radical (unpaired) electrons. The van der Waals surface area contributed by atoms with Crippen LogP contribution in [-0.4, -0.2) is 5.78 Å². The molecular weight excluding hydrogens is 260 g/mol. The molecule has 2 aromatic carbocycles. The molecular formula is C16H13F2NO. The number of nitrogens with one attached hydrogen (secondary N) is 1. The third-order valence-corrected chi connectivity index (χ3v) is 2.77. The van der Waals surface area contributed by atoms with Crippen LogP contribution in [0.5, 0.6) is 0 Å². The van der Waals surface area contributed by atoms with Crippen LogP contribution in [0.15, 0.2) is 54.7 Å². The van der Waals surface area contributed by atoms with Gasteiger partial charge < -0.3 is 5.32 Å². The maximum Gasteiger partial charge on any atom is 0.187 e. The Labute approximate surface area is 115 Å². The highest BCUT2D eigenvalue weighted by atomic mass is 19.1. The van der Waals surface area contributed by atoms with Gasteiger partial charge in [-0.1, -0.05) is 0 Å². The van der Waals surface area contributed by atoms with Crippen LogP contribution in [0.4, 0.5) is 14.5 Å². The standard InChI is InChI=1S/C16H13F2NO/c1-11-10-14(6-7-15(11)18)19-9-8-16(20)12-2-4-13(17)5-3-12/h2-10,19H,1H3. The lowest BCUT2D eigenvalue weighted by Gasteiger charge is -2.02. The van der Waals surface area contributed by atoms with E-state index in [1.165, 1.54) is 42.6 Å². The lowest BCUT2D eigenvalue weighted by molar-refractivity contribution is 0.104. The lowest BCUT2D eigenvalue weighted by atomic mass is 10.1. The first kappa shape index (κ1) is 13.9.